The van der Waals surface area contributed by atoms with Gasteiger partial charge in [-0.3, -0.25) is 9.78 Å². The van der Waals surface area contributed by atoms with Gasteiger partial charge in [-0.1, -0.05) is 6.07 Å². The number of pyridine rings is 1. The molecule has 0 atom stereocenters. The Kier molecular flexibility index (Phi) is 4.21. The highest BCUT2D eigenvalue weighted by atomic mass is 79.9. The van der Waals surface area contributed by atoms with Crippen LogP contribution in [0.4, 0.5) is 8.78 Å². The molecule has 0 unspecified atom stereocenters. The second-order valence-corrected chi connectivity index (χ2v) is 4.36. The zero-order chi connectivity index (χ0) is 13.8. The molecule has 0 fully saturated rings. The first-order valence-corrected chi connectivity index (χ1v) is 6.07. The first-order chi connectivity index (χ1) is 9.09. The molecule has 98 valence electrons. The number of rotatable bonds is 4. The minimum absolute atomic E-state index is 0.0789. The smallest absolute Gasteiger partial charge is 0.387 e. The van der Waals surface area contributed by atoms with Crippen molar-refractivity contribution >= 4 is 21.7 Å². The van der Waals surface area contributed by atoms with Gasteiger partial charge in [0.15, 0.2) is 5.78 Å². The monoisotopic (exact) mass is 327 g/mol. The van der Waals surface area contributed by atoms with Crippen LogP contribution in [0.5, 0.6) is 5.75 Å². The van der Waals surface area contributed by atoms with Crippen LogP contribution in [0.2, 0.25) is 0 Å². The molecule has 0 amide bonds. The van der Waals surface area contributed by atoms with Crippen LogP contribution in [0.1, 0.15) is 15.9 Å². The lowest BCUT2D eigenvalue weighted by Gasteiger charge is -2.10. The van der Waals surface area contributed by atoms with Crippen molar-refractivity contribution < 1.29 is 18.3 Å². The third-order valence-electron chi connectivity index (χ3n) is 2.35. The summed E-state index contributed by atoms with van der Waals surface area (Å²) in [5, 5.41) is 0. The number of hydrogen-bond acceptors (Lipinski definition) is 3. The molecular formula is C13H8BrF2NO2. The molecule has 0 aliphatic carbocycles. The zero-order valence-corrected chi connectivity index (χ0v) is 11.1. The molecule has 2 aromatic rings. The largest absolute Gasteiger partial charge is 0.434 e. The number of carbonyl (C=O) groups is 1. The average Bonchev–Trinajstić information content (AvgIpc) is 2.41. The number of halogens is 3. The van der Waals surface area contributed by atoms with Crippen molar-refractivity contribution in [3.8, 4) is 5.75 Å². The molecule has 0 spiro atoms. The van der Waals surface area contributed by atoms with E-state index in [4.69, 9.17) is 0 Å². The lowest BCUT2D eigenvalue weighted by atomic mass is 10.1. The van der Waals surface area contributed by atoms with Crippen LogP contribution >= 0.6 is 15.9 Å². The Labute approximate surface area is 116 Å². The minimum Gasteiger partial charge on any atom is -0.434 e. The second kappa shape index (κ2) is 5.88. The van der Waals surface area contributed by atoms with Crippen molar-refractivity contribution in [2.24, 2.45) is 0 Å². The number of ether oxygens (including phenoxy) is 1. The number of ketones is 1. The number of hydrogen-bond donors (Lipinski definition) is 0. The molecule has 1 aromatic carbocycles. The van der Waals surface area contributed by atoms with Gasteiger partial charge in [-0.15, -0.1) is 0 Å². The highest BCUT2D eigenvalue weighted by molar-refractivity contribution is 9.10. The summed E-state index contributed by atoms with van der Waals surface area (Å²) >= 11 is 3.11. The molecule has 1 heterocycles. The van der Waals surface area contributed by atoms with E-state index in [0.717, 1.165) is 0 Å². The van der Waals surface area contributed by atoms with Gasteiger partial charge in [0.25, 0.3) is 0 Å². The van der Waals surface area contributed by atoms with Crippen molar-refractivity contribution in [1.82, 2.24) is 4.98 Å². The van der Waals surface area contributed by atoms with Crippen molar-refractivity contribution in [3.63, 3.8) is 0 Å². The summed E-state index contributed by atoms with van der Waals surface area (Å²) < 4.78 is 29.0. The van der Waals surface area contributed by atoms with Crippen LogP contribution < -0.4 is 4.74 Å². The fraction of sp³-hybridized carbons (Fsp3) is 0.0769. The van der Waals surface area contributed by atoms with Crippen molar-refractivity contribution in [2.75, 3.05) is 0 Å². The number of alkyl halides is 2. The number of benzene rings is 1. The lowest BCUT2D eigenvalue weighted by molar-refractivity contribution is -0.0503. The third-order valence-corrected chi connectivity index (χ3v) is 3.17. The maximum absolute atomic E-state index is 12.2. The predicted octanol–water partition coefficient (Wildman–Crippen LogP) is 3.68. The molecule has 2 rings (SSSR count). The molecule has 3 nitrogen and oxygen atoms in total. The summed E-state index contributed by atoms with van der Waals surface area (Å²) in [5.41, 5.74) is 0.614. The molecule has 6 heteroatoms. The van der Waals surface area contributed by atoms with E-state index in [2.05, 4.69) is 25.7 Å². The standard InChI is InChI=1S/C13H8BrF2NO2/c14-11-9(4-1-5-10(11)19-13(15)16)12(18)8-3-2-6-17-7-8/h1-7,13H. The molecule has 19 heavy (non-hydrogen) atoms. The zero-order valence-electron chi connectivity index (χ0n) is 9.52. The van der Waals surface area contributed by atoms with Crippen LogP contribution in [-0.2, 0) is 0 Å². The highest BCUT2D eigenvalue weighted by Crippen LogP contribution is 2.31. The molecule has 0 aliphatic rings. The molecule has 0 radical (unpaired) electrons. The fourth-order valence-corrected chi connectivity index (χ4v) is 2.06. The van der Waals surface area contributed by atoms with E-state index in [0.29, 0.717) is 5.56 Å². The van der Waals surface area contributed by atoms with E-state index in [9.17, 15) is 13.6 Å². The van der Waals surface area contributed by atoms with Crippen LogP contribution in [-0.4, -0.2) is 17.4 Å². The second-order valence-electron chi connectivity index (χ2n) is 3.57. The fourth-order valence-electron chi connectivity index (χ4n) is 1.53. The van der Waals surface area contributed by atoms with E-state index < -0.39 is 6.61 Å². The van der Waals surface area contributed by atoms with Gasteiger partial charge in [0, 0.05) is 23.5 Å². The van der Waals surface area contributed by atoms with Gasteiger partial charge in [0.05, 0.1) is 4.47 Å². The summed E-state index contributed by atoms with van der Waals surface area (Å²) in [6, 6.07) is 7.59. The lowest BCUT2D eigenvalue weighted by Crippen LogP contribution is -2.06. The average molecular weight is 328 g/mol. The van der Waals surface area contributed by atoms with Crippen molar-refractivity contribution in [1.29, 1.82) is 0 Å². The normalized spacial score (nSPS) is 10.5. The Balaban J connectivity index is 2.38. The van der Waals surface area contributed by atoms with E-state index in [1.165, 1.54) is 24.4 Å². The van der Waals surface area contributed by atoms with E-state index >= 15 is 0 Å². The van der Waals surface area contributed by atoms with Gasteiger partial charge in [-0.25, -0.2) is 0 Å². The summed E-state index contributed by atoms with van der Waals surface area (Å²) in [5.74, 6) is -0.399. The first kappa shape index (κ1) is 13.6. The van der Waals surface area contributed by atoms with Crippen LogP contribution in [0.25, 0.3) is 0 Å². The van der Waals surface area contributed by atoms with Crippen LogP contribution in [0.15, 0.2) is 47.2 Å². The Bertz CT molecular complexity index is 590. The molecule has 0 saturated carbocycles. The quantitative estimate of drug-likeness (QED) is 0.804. The summed E-state index contributed by atoms with van der Waals surface area (Å²) in [7, 11) is 0. The van der Waals surface area contributed by atoms with E-state index in [1.54, 1.807) is 18.3 Å². The summed E-state index contributed by atoms with van der Waals surface area (Å²) in [6.45, 7) is -2.94. The Hall–Kier alpha value is -1.82. The number of aromatic nitrogens is 1. The number of carbonyl (C=O) groups excluding carboxylic acids is 1. The molecule has 1 aromatic heterocycles. The van der Waals surface area contributed by atoms with Gasteiger partial charge in [0.2, 0.25) is 0 Å². The first-order valence-electron chi connectivity index (χ1n) is 5.27. The summed E-state index contributed by atoms with van der Waals surface area (Å²) in [6.07, 6.45) is 2.96. The summed E-state index contributed by atoms with van der Waals surface area (Å²) in [4.78, 5) is 16.0. The van der Waals surface area contributed by atoms with Gasteiger partial charge < -0.3 is 4.74 Å². The molecular weight excluding hydrogens is 320 g/mol. The van der Waals surface area contributed by atoms with E-state index in [-0.39, 0.29) is 21.6 Å². The van der Waals surface area contributed by atoms with Gasteiger partial charge in [-0.2, -0.15) is 8.78 Å². The topological polar surface area (TPSA) is 39.2 Å². The molecule has 0 bridgehead atoms. The van der Waals surface area contributed by atoms with Gasteiger partial charge in [-0.05, 0) is 40.2 Å². The molecule has 0 N–H and O–H groups in total. The molecule has 0 saturated heterocycles. The Morgan fingerprint density at radius 2 is 2.05 bits per heavy atom. The molecule has 0 aliphatic heterocycles. The maximum atomic E-state index is 12.2. The SMILES string of the molecule is O=C(c1cccnc1)c1cccc(OC(F)F)c1Br. The van der Waals surface area contributed by atoms with Crippen LogP contribution in [0, 0.1) is 0 Å². The predicted molar refractivity (Wildman–Crippen MR) is 68.4 cm³/mol. The maximum Gasteiger partial charge on any atom is 0.387 e. The minimum atomic E-state index is -2.94. The van der Waals surface area contributed by atoms with Crippen molar-refractivity contribution in [3.05, 3.63) is 58.3 Å². The highest BCUT2D eigenvalue weighted by Gasteiger charge is 2.17. The van der Waals surface area contributed by atoms with E-state index in [1.807, 2.05) is 0 Å². The van der Waals surface area contributed by atoms with Crippen LogP contribution in [0.3, 0.4) is 0 Å². The number of nitrogens with zero attached hydrogens (tertiary/aromatic N) is 1. The Morgan fingerprint density at radius 3 is 2.68 bits per heavy atom. The Morgan fingerprint density at radius 1 is 1.26 bits per heavy atom. The van der Waals surface area contributed by atoms with Gasteiger partial charge >= 0.3 is 6.61 Å². The van der Waals surface area contributed by atoms with Crippen molar-refractivity contribution in [2.45, 2.75) is 6.61 Å². The van der Waals surface area contributed by atoms with Gasteiger partial charge in [0.1, 0.15) is 5.75 Å². The third kappa shape index (κ3) is 3.14.